The number of hydrogen-bond acceptors (Lipinski definition) is 2. The van der Waals surface area contributed by atoms with Gasteiger partial charge in [-0.2, -0.15) is 18.3 Å². The van der Waals surface area contributed by atoms with Crippen molar-refractivity contribution < 1.29 is 13.2 Å². The fourth-order valence-corrected chi connectivity index (χ4v) is 3.45. The summed E-state index contributed by atoms with van der Waals surface area (Å²) in [5, 5.41) is 8.73. The molecule has 1 aliphatic rings. The summed E-state index contributed by atoms with van der Waals surface area (Å²) in [6, 6.07) is 10.1. The zero-order chi connectivity index (χ0) is 18.5. The summed E-state index contributed by atoms with van der Waals surface area (Å²) < 4.78 is 40.6. The first-order valence-electron chi connectivity index (χ1n) is 7.83. The molecule has 0 radical (unpaired) electrons. The summed E-state index contributed by atoms with van der Waals surface area (Å²) in [5.74, 6) is 0.676. The van der Waals surface area contributed by atoms with Crippen molar-refractivity contribution in [3.63, 3.8) is 0 Å². The summed E-state index contributed by atoms with van der Waals surface area (Å²) in [4.78, 5) is 0. The monoisotopic (exact) mass is 397 g/mol. The lowest BCUT2D eigenvalue weighted by Gasteiger charge is -2.10. The Morgan fingerprint density at radius 1 is 1.08 bits per heavy atom. The average Bonchev–Trinajstić information content (AvgIpc) is 3.19. The fraction of sp³-hybridized carbons (Fsp3) is 0.167. The van der Waals surface area contributed by atoms with Crippen molar-refractivity contribution in [2.24, 2.45) is 0 Å². The number of aromatic nitrogens is 2. The van der Waals surface area contributed by atoms with Gasteiger partial charge in [0.15, 0.2) is 0 Å². The molecule has 0 saturated carbocycles. The molecular formula is C18H12Cl2F3N3. The second-order valence-electron chi connectivity index (χ2n) is 5.94. The van der Waals surface area contributed by atoms with Crippen molar-refractivity contribution in [1.29, 1.82) is 0 Å². The Bertz CT molecular complexity index is 996. The van der Waals surface area contributed by atoms with Crippen molar-refractivity contribution in [2.45, 2.75) is 12.6 Å². The Morgan fingerprint density at radius 2 is 1.88 bits per heavy atom. The van der Waals surface area contributed by atoms with Crippen LogP contribution in [-0.2, 0) is 12.6 Å². The lowest BCUT2D eigenvalue weighted by atomic mass is 10.1. The van der Waals surface area contributed by atoms with E-state index in [-0.39, 0.29) is 0 Å². The standard InChI is InChI=1S/C18H12Cl2F3N3/c19-11-4-5-15(20)14(9-11)16-13-6-7-24-17(13)26(25-16)12-3-1-2-10(8-12)18(21,22)23/h1-5,8-9,24H,6-7H2. The maximum Gasteiger partial charge on any atom is 0.416 e. The Kier molecular flexibility index (Phi) is 4.12. The van der Waals surface area contributed by atoms with Crippen LogP contribution in [0.15, 0.2) is 42.5 Å². The molecule has 3 aromatic rings. The largest absolute Gasteiger partial charge is 0.416 e. The smallest absolute Gasteiger partial charge is 0.369 e. The van der Waals surface area contributed by atoms with Gasteiger partial charge in [0.1, 0.15) is 5.82 Å². The van der Waals surface area contributed by atoms with E-state index in [1.54, 1.807) is 24.3 Å². The predicted molar refractivity (Wildman–Crippen MR) is 96.2 cm³/mol. The van der Waals surface area contributed by atoms with Crippen molar-refractivity contribution in [3.05, 3.63) is 63.6 Å². The zero-order valence-electron chi connectivity index (χ0n) is 13.2. The van der Waals surface area contributed by atoms with Gasteiger partial charge in [0.25, 0.3) is 0 Å². The van der Waals surface area contributed by atoms with Crippen molar-refractivity contribution in [3.8, 4) is 16.9 Å². The van der Waals surface area contributed by atoms with Crippen molar-refractivity contribution in [2.75, 3.05) is 11.9 Å². The van der Waals surface area contributed by atoms with Crippen LogP contribution in [0, 0.1) is 0 Å². The minimum absolute atomic E-state index is 0.329. The van der Waals surface area contributed by atoms with E-state index in [1.165, 1.54) is 10.7 Å². The van der Waals surface area contributed by atoms with Crippen LogP contribution in [0.4, 0.5) is 19.0 Å². The van der Waals surface area contributed by atoms with Crippen LogP contribution in [0.2, 0.25) is 10.0 Å². The number of anilines is 1. The summed E-state index contributed by atoms with van der Waals surface area (Å²) in [6.07, 6.45) is -3.72. The van der Waals surface area contributed by atoms with E-state index in [0.29, 0.717) is 45.8 Å². The first-order chi connectivity index (χ1) is 12.3. The molecule has 0 bridgehead atoms. The molecule has 1 aromatic heterocycles. The molecular weight excluding hydrogens is 386 g/mol. The van der Waals surface area contributed by atoms with Gasteiger partial charge in [-0.05, 0) is 42.8 Å². The third-order valence-corrected chi connectivity index (χ3v) is 4.82. The lowest BCUT2D eigenvalue weighted by molar-refractivity contribution is -0.137. The molecule has 0 fully saturated rings. The molecule has 0 saturated heterocycles. The maximum atomic E-state index is 13.0. The van der Waals surface area contributed by atoms with Gasteiger partial charge in [0, 0.05) is 22.7 Å². The van der Waals surface area contributed by atoms with E-state index in [2.05, 4.69) is 10.4 Å². The highest BCUT2D eigenvalue weighted by Gasteiger charge is 2.31. The number of benzene rings is 2. The van der Waals surface area contributed by atoms with Gasteiger partial charge in [0.2, 0.25) is 0 Å². The molecule has 134 valence electrons. The van der Waals surface area contributed by atoms with Crippen molar-refractivity contribution in [1.82, 2.24) is 9.78 Å². The molecule has 0 spiro atoms. The summed E-state index contributed by atoms with van der Waals surface area (Å²) in [7, 11) is 0. The summed E-state index contributed by atoms with van der Waals surface area (Å²) >= 11 is 12.4. The molecule has 1 N–H and O–H groups in total. The zero-order valence-corrected chi connectivity index (χ0v) is 14.8. The minimum atomic E-state index is -4.42. The van der Waals surface area contributed by atoms with Gasteiger partial charge in [-0.3, -0.25) is 0 Å². The number of nitrogens with zero attached hydrogens (tertiary/aromatic N) is 2. The number of rotatable bonds is 2. The maximum absolute atomic E-state index is 13.0. The van der Waals surface area contributed by atoms with E-state index in [1.807, 2.05) is 0 Å². The van der Waals surface area contributed by atoms with E-state index in [0.717, 1.165) is 17.7 Å². The van der Waals surface area contributed by atoms with Crippen LogP contribution in [0.3, 0.4) is 0 Å². The minimum Gasteiger partial charge on any atom is -0.369 e. The molecule has 2 aromatic carbocycles. The Balaban J connectivity index is 1.89. The van der Waals surface area contributed by atoms with Crippen LogP contribution >= 0.6 is 23.2 Å². The van der Waals surface area contributed by atoms with Gasteiger partial charge >= 0.3 is 6.18 Å². The lowest BCUT2D eigenvalue weighted by Crippen LogP contribution is -2.08. The van der Waals surface area contributed by atoms with Crippen LogP contribution in [0.5, 0.6) is 0 Å². The number of fused-ring (bicyclic) bond motifs is 1. The number of hydrogen-bond donors (Lipinski definition) is 1. The quantitative estimate of drug-likeness (QED) is 0.589. The SMILES string of the molecule is FC(F)(F)c1cccc(-n2nc(-c3cc(Cl)ccc3Cl)c3c2NCC3)c1. The Labute approximate surface area is 157 Å². The molecule has 0 atom stereocenters. The summed E-state index contributed by atoms with van der Waals surface area (Å²) in [5.41, 5.74) is 1.79. The number of halogens is 5. The highest BCUT2D eigenvalue weighted by molar-refractivity contribution is 6.35. The van der Waals surface area contributed by atoms with E-state index < -0.39 is 11.7 Å². The van der Waals surface area contributed by atoms with Crippen LogP contribution in [0.1, 0.15) is 11.1 Å². The highest BCUT2D eigenvalue weighted by atomic mass is 35.5. The topological polar surface area (TPSA) is 29.9 Å². The van der Waals surface area contributed by atoms with Crippen LogP contribution in [-0.4, -0.2) is 16.3 Å². The van der Waals surface area contributed by atoms with Gasteiger partial charge in [-0.25, -0.2) is 4.68 Å². The second-order valence-corrected chi connectivity index (χ2v) is 6.78. The van der Waals surface area contributed by atoms with Crippen LogP contribution in [0.25, 0.3) is 16.9 Å². The van der Waals surface area contributed by atoms with Crippen molar-refractivity contribution >= 4 is 29.0 Å². The second kappa shape index (κ2) is 6.21. The molecule has 2 heterocycles. The molecule has 26 heavy (non-hydrogen) atoms. The average molecular weight is 398 g/mol. The van der Waals surface area contributed by atoms with Crippen LogP contribution < -0.4 is 5.32 Å². The normalized spacial score (nSPS) is 13.6. The first kappa shape index (κ1) is 17.2. The Morgan fingerprint density at radius 3 is 2.65 bits per heavy atom. The molecule has 0 aliphatic carbocycles. The number of alkyl halides is 3. The molecule has 4 rings (SSSR count). The Hall–Kier alpha value is -2.18. The molecule has 8 heteroatoms. The number of nitrogens with one attached hydrogen (secondary N) is 1. The molecule has 1 aliphatic heterocycles. The fourth-order valence-electron chi connectivity index (χ4n) is 3.07. The third kappa shape index (κ3) is 2.93. The summed E-state index contributed by atoms with van der Waals surface area (Å²) in [6.45, 7) is 0.678. The molecule has 0 amide bonds. The van der Waals surface area contributed by atoms with E-state index >= 15 is 0 Å². The van der Waals surface area contributed by atoms with Gasteiger partial charge in [-0.1, -0.05) is 29.3 Å². The predicted octanol–water partition coefficient (Wildman–Crippen LogP) is 5.83. The molecule has 3 nitrogen and oxygen atoms in total. The van der Waals surface area contributed by atoms with Gasteiger partial charge < -0.3 is 5.32 Å². The van der Waals surface area contributed by atoms with E-state index in [4.69, 9.17) is 23.2 Å². The van der Waals surface area contributed by atoms with E-state index in [9.17, 15) is 13.2 Å². The van der Waals surface area contributed by atoms with Gasteiger partial charge in [0.05, 0.1) is 22.0 Å². The highest BCUT2D eigenvalue weighted by Crippen LogP contribution is 2.39. The van der Waals surface area contributed by atoms with Gasteiger partial charge in [-0.15, -0.1) is 0 Å². The third-order valence-electron chi connectivity index (χ3n) is 4.25. The first-order valence-corrected chi connectivity index (χ1v) is 8.59. The molecule has 0 unspecified atom stereocenters.